The molecular formula is C11H11NO4. The van der Waals surface area contributed by atoms with Crippen molar-refractivity contribution in [1.82, 2.24) is 0 Å². The van der Waals surface area contributed by atoms with Gasteiger partial charge in [0, 0.05) is 11.1 Å². The molecular weight excluding hydrogens is 210 g/mol. The fourth-order valence-corrected chi connectivity index (χ4v) is 1.10. The lowest BCUT2D eigenvalue weighted by Crippen LogP contribution is -2.18. The molecule has 0 aliphatic carbocycles. The average Bonchev–Trinajstić information content (AvgIpc) is 2.28. The highest BCUT2D eigenvalue weighted by atomic mass is 16.5. The molecule has 0 bridgehead atoms. The number of hydrogen-bond donors (Lipinski definition) is 1. The molecule has 0 aliphatic rings. The Morgan fingerprint density at radius 3 is 2.06 bits per heavy atom. The van der Waals surface area contributed by atoms with Crippen LogP contribution in [0.4, 0.5) is 0 Å². The molecule has 84 valence electrons. The lowest BCUT2D eigenvalue weighted by Gasteiger charge is -2.01. The molecule has 1 rings (SSSR count). The minimum Gasteiger partial charge on any atom is -0.460 e. The van der Waals surface area contributed by atoms with E-state index in [4.69, 9.17) is 5.73 Å². The molecule has 0 aliphatic heterocycles. The van der Waals surface area contributed by atoms with Crippen molar-refractivity contribution in [3.63, 3.8) is 0 Å². The molecule has 5 nitrogen and oxygen atoms in total. The first-order chi connectivity index (χ1) is 7.56. The van der Waals surface area contributed by atoms with Gasteiger partial charge in [-0.25, -0.2) is 4.79 Å². The monoisotopic (exact) mass is 221 g/mol. The lowest BCUT2D eigenvalue weighted by atomic mass is 10.1. The topological polar surface area (TPSA) is 86.5 Å². The number of rotatable bonds is 4. The van der Waals surface area contributed by atoms with Gasteiger partial charge in [-0.3, -0.25) is 9.59 Å². The predicted octanol–water partition coefficient (Wildman–Crippen LogP) is 0.531. The van der Waals surface area contributed by atoms with Gasteiger partial charge in [0.1, 0.15) is 0 Å². The Balaban J connectivity index is 2.85. The average molecular weight is 221 g/mol. The molecule has 1 amide bonds. The molecule has 0 unspecified atom stereocenters. The molecule has 0 fully saturated rings. The third kappa shape index (κ3) is 2.66. The third-order valence-corrected chi connectivity index (χ3v) is 1.89. The van der Waals surface area contributed by atoms with Crippen LogP contribution in [0.25, 0.3) is 0 Å². The van der Waals surface area contributed by atoms with Crippen LogP contribution < -0.4 is 5.73 Å². The van der Waals surface area contributed by atoms with E-state index in [2.05, 4.69) is 4.74 Å². The molecule has 1 aromatic carbocycles. The summed E-state index contributed by atoms with van der Waals surface area (Å²) < 4.78 is 4.56. The summed E-state index contributed by atoms with van der Waals surface area (Å²) in [5.41, 5.74) is 5.48. The van der Waals surface area contributed by atoms with E-state index in [1.165, 1.54) is 24.3 Å². The quantitative estimate of drug-likeness (QED) is 0.456. The fourth-order valence-electron chi connectivity index (χ4n) is 1.10. The van der Waals surface area contributed by atoms with Gasteiger partial charge in [-0.05, 0) is 31.2 Å². The second-order valence-corrected chi connectivity index (χ2v) is 2.99. The van der Waals surface area contributed by atoms with E-state index in [1.54, 1.807) is 6.92 Å². The minimum absolute atomic E-state index is 0.143. The van der Waals surface area contributed by atoms with E-state index >= 15 is 0 Å². The fraction of sp³-hybridized carbons (Fsp3) is 0.182. The maximum Gasteiger partial charge on any atom is 0.379 e. The Morgan fingerprint density at radius 1 is 1.12 bits per heavy atom. The van der Waals surface area contributed by atoms with Gasteiger partial charge in [0.2, 0.25) is 5.91 Å². The van der Waals surface area contributed by atoms with Crippen LogP contribution in [0, 0.1) is 0 Å². The number of hydrogen-bond acceptors (Lipinski definition) is 4. The maximum atomic E-state index is 11.4. The molecule has 1 aromatic rings. The van der Waals surface area contributed by atoms with Gasteiger partial charge in [0.15, 0.2) is 0 Å². The third-order valence-electron chi connectivity index (χ3n) is 1.89. The highest BCUT2D eigenvalue weighted by Gasteiger charge is 2.17. The van der Waals surface area contributed by atoms with E-state index in [9.17, 15) is 14.4 Å². The number of nitrogens with two attached hydrogens (primary N) is 1. The van der Waals surface area contributed by atoms with Gasteiger partial charge >= 0.3 is 5.97 Å². The van der Waals surface area contributed by atoms with E-state index in [1.807, 2.05) is 0 Å². The second-order valence-electron chi connectivity index (χ2n) is 2.99. The Morgan fingerprint density at radius 2 is 1.62 bits per heavy atom. The molecule has 0 spiro atoms. The number of benzene rings is 1. The number of Topliss-reactive ketones (excluding diaryl/α,β-unsaturated/α-hetero) is 1. The number of esters is 1. The zero-order valence-electron chi connectivity index (χ0n) is 8.73. The highest BCUT2D eigenvalue weighted by Crippen LogP contribution is 2.05. The molecule has 0 saturated heterocycles. The Bertz CT molecular complexity index is 422. The molecule has 0 radical (unpaired) electrons. The van der Waals surface area contributed by atoms with E-state index in [0.29, 0.717) is 0 Å². The van der Waals surface area contributed by atoms with Gasteiger partial charge in [-0.1, -0.05) is 0 Å². The van der Waals surface area contributed by atoms with Crippen LogP contribution in [-0.2, 0) is 9.53 Å². The first-order valence-electron chi connectivity index (χ1n) is 4.67. The summed E-state index contributed by atoms with van der Waals surface area (Å²) in [6, 6.07) is 5.49. The Kier molecular flexibility index (Phi) is 3.77. The van der Waals surface area contributed by atoms with Crippen molar-refractivity contribution in [2.45, 2.75) is 6.92 Å². The van der Waals surface area contributed by atoms with Gasteiger partial charge in [0.25, 0.3) is 5.78 Å². The Labute approximate surface area is 92.2 Å². The van der Waals surface area contributed by atoms with Crippen LogP contribution in [0.1, 0.15) is 27.6 Å². The summed E-state index contributed by atoms with van der Waals surface area (Å²) in [5, 5.41) is 0. The first-order valence-corrected chi connectivity index (χ1v) is 4.67. The number of ether oxygens (including phenoxy) is 1. The van der Waals surface area contributed by atoms with Gasteiger partial charge in [-0.2, -0.15) is 0 Å². The van der Waals surface area contributed by atoms with Crippen LogP contribution in [0.15, 0.2) is 24.3 Å². The van der Waals surface area contributed by atoms with Crippen LogP contribution in [0.5, 0.6) is 0 Å². The van der Waals surface area contributed by atoms with Crippen LogP contribution in [0.2, 0.25) is 0 Å². The molecule has 0 atom stereocenters. The molecule has 0 heterocycles. The van der Waals surface area contributed by atoms with Crippen molar-refractivity contribution in [2.24, 2.45) is 5.73 Å². The van der Waals surface area contributed by atoms with Crippen molar-refractivity contribution in [3.05, 3.63) is 35.4 Å². The summed E-state index contributed by atoms with van der Waals surface area (Å²) in [4.78, 5) is 33.3. The van der Waals surface area contributed by atoms with Gasteiger partial charge in [-0.15, -0.1) is 0 Å². The van der Waals surface area contributed by atoms with E-state index in [-0.39, 0.29) is 17.7 Å². The van der Waals surface area contributed by atoms with Crippen molar-refractivity contribution in [1.29, 1.82) is 0 Å². The van der Waals surface area contributed by atoms with Crippen molar-refractivity contribution >= 4 is 17.7 Å². The van der Waals surface area contributed by atoms with Crippen LogP contribution >= 0.6 is 0 Å². The first kappa shape index (κ1) is 11.9. The summed E-state index contributed by atoms with van der Waals surface area (Å²) >= 11 is 0. The summed E-state index contributed by atoms with van der Waals surface area (Å²) in [6.07, 6.45) is 0. The van der Waals surface area contributed by atoms with Gasteiger partial charge < -0.3 is 10.5 Å². The number of carbonyl (C=O) groups excluding carboxylic acids is 3. The number of carbonyl (C=O) groups is 3. The molecule has 0 saturated carbocycles. The minimum atomic E-state index is -0.908. The standard InChI is InChI=1S/C11H11NO4/c1-2-16-11(15)9(13)7-3-5-8(6-4-7)10(12)14/h3-6H,2H2,1H3,(H2,12,14). The molecule has 0 aromatic heterocycles. The molecule has 16 heavy (non-hydrogen) atoms. The highest BCUT2D eigenvalue weighted by molar-refractivity contribution is 6.40. The van der Waals surface area contributed by atoms with E-state index in [0.717, 1.165) is 0 Å². The normalized spacial score (nSPS) is 9.56. The van der Waals surface area contributed by atoms with Crippen LogP contribution in [0.3, 0.4) is 0 Å². The zero-order valence-corrected chi connectivity index (χ0v) is 8.73. The summed E-state index contributed by atoms with van der Waals surface area (Å²) in [6.45, 7) is 1.76. The van der Waals surface area contributed by atoms with Gasteiger partial charge in [0.05, 0.1) is 6.61 Å². The number of ketones is 1. The van der Waals surface area contributed by atoms with E-state index < -0.39 is 17.7 Å². The summed E-state index contributed by atoms with van der Waals surface area (Å²) in [5.74, 6) is -2.23. The summed E-state index contributed by atoms with van der Waals surface area (Å²) in [7, 11) is 0. The smallest absolute Gasteiger partial charge is 0.379 e. The van der Waals surface area contributed by atoms with Crippen LogP contribution in [-0.4, -0.2) is 24.3 Å². The molecule has 5 heteroatoms. The predicted molar refractivity (Wildman–Crippen MR) is 55.9 cm³/mol. The molecule has 2 N–H and O–H groups in total. The SMILES string of the molecule is CCOC(=O)C(=O)c1ccc(C(N)=O)cc1. The van der Waals surface area contributed by atoms with Crippen molar-refractivity contribution in [3.8, 4) is 0 Å². The van der Waals surface area contributed by atoms with Crippen molar-refractivity contribution < 1.29 is 19.1 Å². The zero-order chi connectivity index (χ0) is 12.1. The second kappa shape index (κ2) is 5.06. The number of primary amides is 1. The largest absolute Gasteiger partial charge is 0.460 e. The van der Waals surface area contributed by atoms with Crippen molar-refractivity contribution in [2.75, 3.05) is 6.61 Å². The Hall–Kier alpha value is -2.17. The lowest BCUT2D eigenvalue weighted by molar-refractivity contribution is -0.137. The number of amides is 1. The maximum absolute atomic E-state index is 11.4.